The van der Waals surface area contributed by atoms with Crippen LogP contribution in [0.1, 0.15) is 30.7 Å². The number of nitrogens with one attached hydrogen (secondary N) is 1. The maximum absolute atomic E-state index is 11.8. The summed E-state index contributed by atoms with van der Waals surface area (Å²) in [5.41, 5.74) is 1.92. The van der Waals surface area contributed by atoms with E-state index in [4.69, 9.17) is 11.6 Å². The zero-order chi connectivity index (χ0) is 13.4. The second kappa shape index (κ2) is 4.85. The van der Waals surface area contributed by atoms with Gasteiger partial charge in [0.15, 0.2) is 0 Å². The highest BCUT2D eigenvalue weighted by molar-refractivity contribution is 6.32. The molecule has 5 heteroatoms. The standard InChI is InChI=1S/C14H15ClN2O2/c15-12-8-9(17-6-1-7-17)2-3-10(12)11-4-5-13(18)16-14(11)19/h2-3,8,11H,1,4-7H2,(H,16,18,19)/t11-/m0/s1. The van der Waals surface area contributed by atoms with Gasteiger partial charge in [0.05, 0.1) is 5.92 Å². The van der Waals surface area contributed by atoms with Crippen LogP contribution < -0.4 is 10.2 Å². The molecule has 2 amide bonds. The molecule has 3 rings (SSSR count). The van der Waals surface area contributed by atoms with E-state index in [1.165, 1.54) is 6.42 Å². The van der Waals surface area contributed by atoms with Gasteiger partial charge in [0, 0.05) is 30.2 Å². The molecular weight excluding hydrogens is 264 g/mol. The van der Waals surface area contributed by atoms with E-state index >= 15 is 0 Å². The van der Waals surface area contributed by atoms with Gasteiger partial charge in [-0.3, -0.25) is 14.9 Å². The van der Waals surface area contributed by atoms with Gasteiger partial charge >= 0.3 is 0 Å². The lowest BCUT2D eigenvalue weighted by molar-refractivity contribution is -0.134. The second-order valence-corrected chi connectivity index (χ2v) is 5.46. The number of nitrogens with zero attached hydrogens (tertiary/aromatic N) is 1. The Kier molecular flexibility index (Phi) is 3.19. The zero-order valence-corrected chi connectivity index (χ0v) is 11.2. The lowest BCUT2D eigenvalue weighted by Crippen LogP contribution is -2.39. The fourth-order valence-electron chi connectivity index (χ4n) is 2.56. The maximum Gasteiger partial charge on any atom is 0.234 e. The molecule has 1 N–H and O–H groups in total. The maximum atomic E-state index is 11.8. The van der Waals surface area contributed by atoms with Crippen molar-refractivity contribution in [1.29, 1.82) is 0 Å². The Morgan fingerprint density at radius 1 is 1.26 bits per heavy atom. The molecule has 1 atom stereocenters. The Labute approximate surface area is 116 Å². The van der Waals surface area contributed by atoms with Crippen molar-refractivity contribution in [2.24, 2.45) is 0 Å². The number of anilines is 1. The molecule has 1 aromatic rings. The first-order chi connectivity index (χ1) is 9.15. The molecule has 19 heavy (non-hydrogen) atoms. The predicted octanol–water partition coefficient (Wildman–Crippen LogP) is 2.07. The van der Waals surface area contributed by atoms with Crippen LogP contribution in [0.5, 0.6) is 0 Å². The molecule has 0 aromatic heterocycles. The number of carbonyl (C=O) groups excluding carboxylic acids is 2. The van der Waals surface area contributed by atoms with E-state index in [0.29, 0.717) is 17.9 Å². The van der Waals surface area contributed by atoms with Crippen molar-refractivity contribution >= 4 is 29.1 Å². The topological polar surface area (TPSA) is 49.4 Å². The van der Waals surface area contributed by atoms with Crippen LogP contribution in [0.2, 0.25) is 5.02 Å². The number of benzene rings is 1. The highest BCUT2D eigenvalue weighted by Crippen LogP contribution is 2.34. The quantitative estimate of drug-likeness (QED) is 0.843. The van der Waals surface area contributed by atoms with E-state index in [0.717, 1.165) is 24.3 Å². The number of imide groups is 1. The minimum atomic E-state index is -0.310. The lowest BCUT2D eigenvalue weighted by Gasteiger charge is -2.33. The van der Waals surface area contributed by atoms with Crippen LogP contribution in [0.25, 0.3) is 0 Å². The number of hydrogen-bond donors (Lipinski definition) is 1. The molecule has 2 fully saturated rings. The first-order valence-corrected chi connectivity index (χ1v) is 6.91. The Balaban J connectivity index is 1.84. The van der Waals surface area contributed by atoms with Crippen LogP contribution in [0.4, 0.5) is 5.69 Å². The highest BCUT2D eigenvalue weighted by Gasteiger charge is 2.29. The molecule has 2 aliphatic heterocycles. The van der Waals surface area contributed by atoms with Gasteiger partial charge < -0.3 is 4.90 Å². The summed E-state index contributed by atoms with van der Waals surface area (Å²) in [6, 6.07) is 5.83. The Morgan fingerprint density at radius 2 is 2.05 bits per heavy atom. The number of hydrogen-bond acceptors (Lipinski definition) is 3. The SMILES string of the molecule is O=C1CC[C@@H](c2ccc(N3CCC3)cc2Cl)C(=O)N1. The number of piperidine rings is 1. The van der Waals surface area contributed by atoms with Crippen molar-refractivity contribution in [2.45, 2.75) is 25.2 Å². The minimum absolute atomic E-state index is 0.199. The van der Waals surface area contributed by atoms with Gasteiger partial charge in [-0.05, 0) is 30.5 Å². The van der Waals surface area contributed by atoms with E-state index in [-0.39, 0.29) is 17.7 Å². The molecule has 2 heterocycles. The van der Waals surface area contributed by atoms with E-state index in [2.05, 4.69) is 10.2 Å². The number of carbonyl (C=O) groups is 2. The molecular formula is C14H15ClN2O2. The monoisotopic (exact) mass is 278 g/mol. The van der Waals surface area contributed by atoms with Crippen LogP contribution in [0.3, 0.4) is 0 Å². The highest BCUT2D eigenvalue weighted by atomic mass is 35.5. The summed E-state index contributed by atoms with van der Waals surface area (Å²) >= 11 is 6.30. The summed E-state index contributed by atoms with van der Waals surface area (Å²) in [6.45, 7) is 2.13. The third-order valence-corrected chi connectivity index (χ3v) is 4.15. The van der Waals surface area contributed by atoms with Crippen molar-refractivity contribution in [3.63, 3.8) is 0 Å². The van der Waals surface area contributed by atoms with Gasteiger partial charge in [-0.15, -0.1) is 0 Å². The van der Waals surface area contributed by atoms with E-state index < -0.39 is 0 Å². The fourth-order valence-corrected chi connectivity index (χ4v) is 2.87. The van der Waals surface area contributed by atoms with Crippen LogP contribution in [0.15, 0.2) is 18.2 Å². The number of amides is 2. The molecule has 4 nitrogen and oxygen atoms in total. The summed E-state index contributed by atoms with van der Waals surface area (Å²) < 4.78 is 0. The average Bonchev–Trinajstić information content (AvgIpc) is 2.28. The first kappa shape index (κ1) is 12.5. The molecule has 2 aliphatic rings. The molecule has 0 bridgehead atoms. The largest absolute Gasteiger partial charge is 0.371 e. The van der Waals surface area contributed by atoms with Gasteiger partial charge in [0.25, 0.3) is 0 Å². The van der Waals surface area contributed by atoms with Gasteiger partial charge in [0.2, 0.25) is 11.8 Å². The van der Waals surface area contributed by atoms with Crippen molar-refractivity contribution in [3.8, 4) is 0 Å². The molecule has 100 valence electrons. The zero-order valence-electron chi connectivity index (χ0n) is 10.5. The van der Waals surface area contributed by atoms with Gasteiger partial charge in [-0.1, -0.05) is 17.7 Å². The van der Waals surface area contributed by atoms with Gasteiger partial charge in [-0.25, -0.2) is 0 Å². The number of rotatable bonds is 2. The minimum Gasteiger partial charge on any atom is -0.371 e. The van der Waals surface area contributed by atoms with Crippen LogP contribution >= 0.6 is 11.6 Å². The van der Waals surface area contributed by atoms with Crippen molar-refractivity contribution in [2.75, 3.05) is 18.0 Å². The molecule has 0 spiro atoms. The predicted molar refractivity (Wildman–Crippen MR) is 73.4 cm³/mol. The third kappa shape index (κ3) is 2.32. The van der Waals surface area contributed by atoms with Crippen LogP contribution in [0, 0.1) is 0 Å². The van der Waals surface area contributed by atoms with Gasteiger partial charge in [0.1, 0.15) is 0 Å². The summed E-state index contributed by atoms with van der Waals surface area (Å²) in [6.07, 6.45) is 2.13. The summed E-state index contributed by atoms with van der Waals surface area (Å²) in [4.78, 5) is 25.2. The van der Waals surface area contributed by atoms with Crippen molar-refractivity contribution in [3.05, 3.63) is 28.8 Å². The van der Waals surface area contributed by atoms with Crippen LogP contribution in [-0.2, 0) is 9.59 Å². The first-order valence-electron chi connectivity index (χ1n) is 6.53. The Bertz CT molecular complexity index is 540. The lowest BCUT2D eigenvalue weighted by atomic mass is 9.90. The smallest absolute Gasteiger partial charge is 0.234 e. The number of halogens is 1. The fraction of sp³-hybridized carbons (Fsp3) is 0.429. The molecule has 0 unspecified atom stereocenters. The normalized spacial score (nSPS) is 23.0. The van der Waals surface area contributed by atoms with Gasteiger partial charge in [-0.2, -0.15) is 0 Å². The third-order valence-electron chi connectivity index (χ3n) is 3.82. The Hall–Kier alpha value is -1.55. The van der Waals surface area contributed by atoms with Crippen molar-refractivity contribution < 1.29 is 9.59 Å². The van der Waals surface area contributed by atoms with E-state index in [1.54, 1.807) is 0 Å². The summed E-state index contributed by atoms with van der Waals surface area (Å²) in [5, 5.41) is 2.98. The summed E-state index contributed by atoms with van der Waals surface area (Å²) in [5.74, 6) is -0.750. The van der Waals surface area contributed by atoms with Crippen molar-refractivity contribution in [1.82, 2.24) is 5.32 Å². The Morgan fingerprint density at radius 3 is 2.63 bits per heavy atom. The molecule has 1 aromatic carbocycles. The molecule has 2 saturated heterocycles. The second-order valence-electron chi connectivity index (χ2n) is 5.05. The summed E-state index contributed by atoms with van der Waals surface area (Å²) in [7, 11) is 0. The molecule has 0 aliphatic carbocycles. The van der Waals surface area contributed by atoms with Crippen LogP contribution in [-0.4, -0.2) is 24.9 Å². The molecule has 0 radical (unpaired) electrons. The average molecular weight is 279 g/mol. The van der Waals surface area contributed by atoms with E-state index in [1.807, 2.05) is 18.2 Å². The molecule has 0 saturated carbocycles. The van der Waals surface area contributed by atoms with E-state index in [9.17, 15) is 9.59 Å².